The van der Waals surface area contributed by atoms with E-state index < -0.39 is 17.7 Å². The Morgan fingerprint density at radius 1 is 1.12 bits per heavy atom. The second-order valence-corrected chi connectivity index (χ2v) is 7.56. The third-order valence-corrected chi connectivity index (χ3v) is 5.01. The van der Waals surface area contributed by atoms with E-state index in [4.69, 9.17) is 4.74 Å². The maximum Gasteiger partial charge on any atom is 0.235 e. The minimum atomic E-state index is -0.782. The molecular weight excluding hydrogens is 420 g/mol. The zero-order valence-electron chi connectivity index (χ0n) is 17.9. The molecule has 4 rings (SSSR count). The fourth-order valence-corrected chi connectivity index (χ4v) is 3.51. The quantitative estimate of drug-likeness (QED) is 0.481. The van der Waals surface area contributed by atoms with Crippen molar-refractivity contribution in [3.05, 3.63) is 41.4 Å². The number of pyridine rings is 1. The SMILES string of the molecule is COCC(Nc1nc(Nc2cc(C)[nH]n2)nc(N2CCCCC2)n1)c1ncc(F)cc1F. The molecule has 1 fully saturated rings. The van der Waals surface area contributed by atoms with Crippen LogP contribution in [0.2, 0.25) is 0 Å². The molecule has 0 aromatic carbocycles. The Morgan fingerprint density at radius 2 is 1.91 bits per heavy atom. The number of aryl methyl sites for hydroxylation is 1. The van der Waals surface area contributed by atoms with E-state index in [-0.39, 0.29) is 18.2 Å². The molecule has 10 nitrogen and oxygen atoms in total. The van der Waals surface area contributed by atoms with Crippen molar-refractivity contribution in [2.75, 3.05) is 42.3 Å². The lowest BCUT2D eigenvalue weighted by molar-refractivity contribution is 0.183. The lowest BCUT2D eigenvalue weighted by Crippen LogP contribution is -2.31. The number of nitrogens with one attached hydrogen (secondary N) is 3. The van der Waals surface area contributed by atoms with Gasteiger partial charge in [0.05, 0.1) is 18.8 Å². The molecular formula is C20H25F2N9O. The van der Waals surface area contributed by atoms with Crippen LogP contribution in [0, 0.1) is 18.6 Å². The first-order valence-corrected chi connectivity index (χ1v) is 10.4. The van der Waals surface area contributed by atoms with Gasteiger partial charge in [-0.25, -0.2) is 8.78 Å². The van der Waals surface area contributed by atoms with Crippen molar-refractivity contribution in [2.45, 2.75) is 32.2 Å². The molecule has 1 atom stereocenters. The van der Waals surface area contributed by atoms with E-state index in [1.165, 1.54) is 7.11 Å². The van der Waals surface area contributed by atoms with Crippen LogP contribution < -0.4 is 15.5 Å². The number of halogens is 2. The Morgan fingerprint density at radius 3 is 2.59 bits per heavy atom. The average Bonchev–Trinajstić information content (AvgIpc) is 3.18. The highest BCUT2D eigenvalue weighted by Crippen LogP contribution is 2.24. The lowest BCUT2D eigenvalue weighted by Gasteiger charge is -2.27. The van der Waals surface area contributed by atoms with Crippen LogP contribution in [0.1, 0.15) is 36.7 Å². The van der Waals surface area contributed by atoms with Crippen LogP contribution in [-0.4, -0.2) is 56.9 Å². The molecule has 3 aromatic heterocycles. The van der Waals surface area contributed by atoms with Gasteiger partial charge in [0.1, 0.15) is 17.3 Å². The summed E-state index contributed by atoms with van der Waals surface area (Å²) in [6.07, 6.45) is 4.22. The fraction of sp³-hybridized carbons (Fsp3) is 0.450. The zero-order valence-corrected chi connectivity index (χ0v) is 17.9. The summed E-state index contributed by atoms with van der Waals surface area (Å²) in [6, 6.07) is 1.87. The van der Waals surface area contributed by atoms with Gasteiger partial charge >= 0.3 is 0 Å². The van der Waals surface area contributed by atoms with Crippen molar-refractivity contribution < 1.29 is 13.5 Å². The van der Waals surface area contributed by atoms with Gasteiger partial charge in [-0.1, -0.05) is 0 Å². The minimum absolute atomic E-state index is 0.00520. The molecule has 0 saturated carbocycles. The molecule has 0 bridgehead atoms. The summed E-state index contributed by atoms with van der Waals surface area (Å²) in [5.41, 5.74) is 0.889. The highest BCUT2D eigenvalue weighted by Gasteiger charge is 2.22. The van der Waals surface area contributed by atoms with E-state index in [1.807, 2.05) is 13.0 Å². The van der Waals surface area contributed by atoms with Crippen molar-refractivity contribution in [3.8, 4) is 0 Å². The number of H-pyrrole nitrogens is 1. The first-order valence-electron chi connectivity index (χ1n) is 10.4. The molecule has 170 valence electrons. The summed E-state index contributed by atoms with van der Waals surface area (Å²) in [5.74, 6) is 0.0247. The first kappa shape index (κ1) is 21.8. The molecule has 32 heavy (non-hydrogen) atoms. The third-order valence-electron chi connectivity index (χ3n) is 5.01. The molecule has 0 amide bonds. The van der Waals surface area contributed by atoms with Crippen LogP contribution in [0.3, 0.4) is 0 Å². The van der Waals surface area contributed by atoms with E-state index in [9.17, 15) is 8.78 Å². The molecule has 3 N–H and O–H groups in total. The molecule has 0 aliphatic carbocycles. The predicted octanol–water partition coefficient (Wildman–Crippen LogP) is 3.11. The summed E-state index contributed by atoms with van der Waals surface area (Å²) in [5, 5.41) is 13.1. The van der Waals surface area contributed by atoms with Gasteiger partial charge in [0.2, 0.25) is 17.8 Å². The van der Waals surface area contributed by atoms with Gasteiger partial charge in [0.15, 0.2) is 5.82 Å². The second-order valence-electron chi connectivity index (χ2n) is 7.56. The van der Waals surface area contributed by atoms with Crippen LogP contribution in [0.15, 0.2) is 18.3 Å². The van der Waals surface area contributed by atoms with Crippen molar-refractivity contribution in [2.24, 2.45) is 0 Å². The van der Waals surface area contributed by atoms with Crippen LogP contribution in [-0.2, 0) is 4.74 Å². The van der Waals surface area contributed by atoms with Crippen LogP contribution in [0.4, 0.5) is 32.4 Å². The van der Waals surface area contributed by atoms with Gasteiger partial charge in [-0.3, -0.25) is 10.1 Å². The molecule has 12 heteroatoms. The largest absolute Gasteiger partial charge is 0.382 e. The molecule has 0 spiro atoms. The second kappa shape index (κ2) is 9.81. The average molecular weight is 445 g/mol. The summed E-state index contributed by atoms with van der Waals surface area (Å²) in [6.45, 7) is 3.62. The Labute approximate surface area is 183 Å². The number of aromatic nitrogens is 6. The summed E-state index contributed by atoms with van der Waals surface area (Å²) in [7, 11) is 1.48. The Kier molecular flexibility index (Phi) is 6.69. The number of hydrogen-bond donors (Lipinski definition) is 3. The normalized spacial score (nSPS) is 14.9. The number of methoxy groups -OCH3 is 1. The number of hydrogen-bond acceptors (Lipinski definition) is 9. The van der Waals surface area contributed by atoms with Crippen molar-refractivity contribution in [1.82, 2.24) is 30.1 Å². The molecule has 1 aliphatic heterocycles. The van der Waals surface area contributed by atoms with E-state index in [1.54, 1.807) is 0 Å². The van der Waals surface area contributed by atoms with Crippen LogP contribution in [0.5, 0.6) is 0 Å². The van der Waals surface area contributed by atoms with Crippen LogP contribution >= 0.6 is 0 Å². The number of nitrogens with zero attached hydrogens (tertiary/aromatic N) is 6. The summed E-state index contributed by atoms with van der Waals surface area (Å²) < 4.78 is 32.9. The Hall–Kier alpha value is -3.41. The number of piperidine rings is 1. The summed E-state index contributed by atoms with van der Waals surface area (Å²) in [4.78, 5) is 19.5. The predicted molar refractivity (Wildman–Crippen MR) is 115 cm³/mol. The highest BCUT2D eigenvalue weighted by atomic mass is 19.1. The van der Waals surface area contributed by atoms with Crippen molar-refractivity contribution in [1.29, 1.82) is 0 Å². The minimum Gasteiger partial charge on any atom is -0.382 e. The first-order chi connectivity index (χ1) is 15.5. The maximum atomic E-state index is 14.4. The monoisotopic (exact) mass is 445 g/mol. The molecule has 1 unspecified atom stereocenters. The molecule has 1 aliphatic rings. The number of ether oxygens (including phenoxy) is 1. The van der Waals surface area contributed by atoms with E-state index in [0.29, 0.717) is 17.7 Å². The topological polar surface area (TPSA) is 117 Å². The van der Waals surface area contributed by atoms with Crippen molar-refractivity contribution in [3.63, 3.8) is 0 Å². The summed E-state index contributed by atoms with van der Waals surface area (Å²) >= 11 is 0. The zero-order chi connectivity index (χ0) is 22.5. The Bertz CT molecular complexity index is 1060. The molecule has 1 saturated heterocycles. The van der Waals surface area contributed by atoms with Gasteiger partial charge in [0, 0.05) is 38.0 Å². The highest BCUT2D eigenvalue weighted by molar-refractivity contribution is 5.52. The van der Waals surface area contributed by atoms with Gasteiger partial charge in [-0.2, -0.15) is 20.1 Å². The van der Waals surface area contributed by atoms with Gasteiger partial charge in [0.25, 0.3) is 0 Å². The van der Waals surface area contributed by atoms with Gasteiger partial charge < -0.3 is 20.3 Å². The van der Waals surface area contributed by atoms with Crippen molar-refractivity contribution >= 4 is 23.7 Å². The smallest absolute Gasteiger partial charge is 0.235 e. The fourth-order valence-electron chi connectivity index (χ4n) is 3.51. The molecule has 0 radical (unpaired) electrons. The Balaban J connectivity index is 1.66. The maximum absolute atomic E-state index is 14.4. The molecule has 3 aromatic rings. The third kappa shape index (κ3) is 5.25. The van der Waals surface area contributed by atoms with E-state index in [0.717, 1.165) is 50.3 Å². The van der Waals surface area contributed by atoms with Gasteiger partial charge in [-0.05, 0) is 26.2 Å². The molecule has 4 heterocycles. The van der Waals surface area contributed by atoms with Gasteiger partial charge in [-0.15, -0.1) is 0 Å². The van der Waals surface area contributed by atoms with E-state index in [2.05, 4.69) is 45.7 Å². The lowest BCUT2D eigenvalue weighted by atomic mass is 10.1. The van der Waals surface area contributed by atoms with E-state index >= 15 is 0 Å². The van der Waals surface area contributed by atoms with Crippen LogP contribution in [0.25, 0.3) is 0 Å². The number of aromatic amines is 1. The standard InChI is InChI=1S/C20H25F2N9O/c1-12-8-16(30-29-12)25-19-26-18(27-20(28-19)31-6-4-3-5-7-31)24-15(11-32-2)17-14(22)9-13(21)10-23-17/h8-10,15H,3-7,11H2,1-2H3,(H3,24,25,26,27,28,29,30). The number of anilines is 4. The number of rotatable bonds is 8.